The molecular weight excluding hydrogens is 236 g/mol. The lowest BCUT2D eigenvalue weighted by atomic mass is 9.98. The van der Waals surface area contributed by atoms with Crippen LogP contribution in [0.3, 0.4) is 0 Å². The van der Waals surface area contributed by atoms with Gasteiger partial charge in [-0.15, -0.1) is 12.4 Å². The number of hydrogen-bond acceptors (Lipinski definition) is 2. The molecule has 0 radical (unpaired) electrons. The Morgan fingerprint density at radius 2 is 1.71 bits per heavy atom. The lowest BCUT2D eigenvalue weighted by Gasteiger charge is -2.23. The maximum Gasteiger partial charge on any atom is 0.309 e. The zero-order valence-corrected chi connectivity index (χ0v) is 12.9. The Hall–Kier alpha value is -0.240. The lowest BCUT2D eigenvalue weighted by molar-refractivity contribution is -0.160. The predicted octanol–water partition coefficient (Wildman–Crippen LogP) is 4.75. The van der Waals surface area contributed by atoms with Gasteiger partial charge in [-0.25, -0.2) is 0 Å². The number of halogens is 1. The quantitative estimate of drug-likeness (QED) is 0.490. The van der Waals surface area contributed by atoms with Crippen molar-refractivity contribution in [3.05, 3.63) is 0 Å². The Morgan fingerprint density at radius 1 is 1.12 bits per heavy atom. The highest BCUT2D eigenvalue weighted by molar-refractivity contribution is 5.85. The first kappa shape index (κ1) is 19.1. The second-order valence-corrected chi connectivity index (χ2v) is 5.49. The first-order valence-corrected chi connectivity index (χ1v) is 6.63. The van der Waals surface area contributed by atoms with Crippen molar-refractivity contribution in [2.24, 2.45) is 5.92 Å². The summed E-state index contributed by atoms with van der Waals surface area (Å²) in [6.45, 7) is 10.0. The van der Waals surface area contributed by atoms with Gasteiger partial charge in [-0.2, -0.15) is 0 Å². The third-order valence-electron chi connectivity index (χ3n) is 2.64. The summed E-state index contributed by atoms with van der Waals surface area (Å²) in [5.41, 5.74) is -0.353. The number of carbonyl (C=O) groups is 1. The molecule has 0 saturated heterocycles. The van der Waals surface area contributed by atoms with Crippen LogP contribution in [0.1, 0.15) is 73.1 Å². The number of esters is 1. The largest absolute Gasteiger partial charge is 0.460 e. The summed E-state index contributed by atoms with van der Waals surface area (Å²) >= 11 is 0. The van der Waals surface area contributed by atoms with E-state index in [2.05, 4.69) is 13.8 Å². The average Bonchev–Trinajstić information content (AvgIpc) is 2.15. The molecule has 17 heavy (non-hydrogen) atoms. The summed E-state index contributed by atoms with van der Waals surface area (Å²) < 4.78 is 5.41. The van der Waals surface area contributed by atoms with Crippen LogP contribution in [0.25, 0.3) is 0 Å². The molecule has 0 saturated carbocycles. The van der Waals surface area contributed by atoms with E-state index in [1.54, 1.807) is 0 Å². The van der Waals surface area contributed by atoms with Gasteiger partial charge in [-0.3, -0.25) is 4.79 Å². The SMILES string of the molecule is CCCCCCC(CC)C(=O)OC(C)(C)C.Cl. The molecule has 0 aliphatic carbocycles. The Balaban J connectivity index is 0. The molecule has 0 bridgehead atoms. The van der Waals surface area contributed by atoms with Crippen LogP contribution in [0.4, 0.5) is 0 Å². The fourth-order valence-corrected chi connectivity index (χ4v) is 1.69. The Morgan fingerprint density at radius 3 is 2.12 bits per heavy atom. The van der Waals surface area contributed by atoms with Crippen LogP contribution in [0, 0.1) is 5.92 Å². The van der Waals surface area contributed by atoms with Crippen molar-refractivity contribution >= 4 is 18.4 Å². The van der Waals surface area contributed by atoms with Crippen molar-refractivity contribution in [2.45, 2.75) is 78.7 Å². The minimum absolute atomic E-state index is 0. The molecule has 0 aliphatic heterocycles. The number of hydrogen-bond donors (Lipinski definition) is 0. The highest BCUT2D eigenvalue weighted by Crippen LogP contribution is 2.19. The summed E-state index contributed by atoms with van der Waals surface area (Å²) in [6, 6.07) is 0. The van der Waals surface area contributed by atoms with Crippen LogP contribution in [-0.4, -0.2) is 11.6 Å². The molecule has 1 unspecified atom stereocenters. The molecule has 0 fully saturated rings. The second-order valence-electron chi connectivity index (χ2n) is 5.49. The van der Waals surface area contributed by atoms with E-state index >= 15 is 0 Å². The standard InChI is InChI=1S/C14H28O2.ClH/c1-6-8-9-10-11-12(7-2)13(15)16-14(3,4)5;/h12H,6-11H2,1-5H3;1H. The summed E-state index contributed by atoms with van der Waals surface area (Å²) in [4.78, 5) is 11.8. The van der Waals surface area contributed by atoms with Gasteiger partial charge in [0.1, 0.15) is 5.60 Å². The maximum absolute atomic E-state index is 11.8. The van der Waals surface area contributed by atoms with Crippen molar-refractivity contribution in [3.63, 3.8) is 0 Å². The average molecular weight is 265 g/mol. The van der Waals surface area contributed by atoms with E-state index in [9.17, 15) is 4.79 Å². The van der Waals surface area contributed by atoms with E-state index in [1.165, 1.54) is 19.3 Å². The van der Waals surface area contributed by atoms with Gasteiger partial charge in [0.05, 0.1) is 5.92 Å². The molecule has 2 nitrogen and oxygen atoms in total. The molecule has 104 valence electrons. The van der Waals surface area contributed by atoms with Gasteiger partial charge < -0.3 is 4.74 Å². The molecule has 0 aliphatic rings. The first-order chi connectivity index (χ1) is 7.40. The second kappa shape index (κ2) is 9.76. The number of ether oxygens (including phenoxy) is 1. The van der Waals surface area contributed by atoms with Crippen molar-refractivity contribution in [1.82, 2.24) is 0 Å². The highest BCUT2D eigenvalue weighted by Gasteiger charge is 2.23. The number of unbranched alkanes of at least 4 members (excludes halogenated alkanes) is 3. The van der Waals surface area contributed by atoms with E-state index < -0.39 is 0 Å². The molecule has 0 aromatic carbocycles. The Kier molecular flexibility index (Phi) is 11.0. The molecule has 0 heterocycles. The minimum Gasteiger partial charge on any atom is -0.460 e. The van der Waals surface area contributed by atoms with Crippen LogP contribution in [0.2, 0.25) is 0 Å². The van der Waals surface area contributed by atoms with Gasteiger partial charge in [0.15, 0.2) is 0 Å². The van der Waals surface area contributed by atoms with Crippen LogP contribution >= 0.6 is 12.4 Å². The normalized spacial score (nSPS) is 12.8. The van der Waals surface area contributed by atoms with Crippen molar-refractivity contribution in [1.29, 1.82) is 0 Å². The molecule has 0 spiro atoms. The first-order valence-electron chi connectivity index (χ1n) is 6.63. The van der Waals surface area contributed by atoms with Gasteiger partial charge >= 0.3 is 5.97 Å². The Bertz CT molecular complexity index is 197. The molecule has 0 aromatic rings. The zero-order valence-electron chi connectivity index (χ0n) is 12.0. The van der Waals surface area contributed by atoms with E-state index in [1.807, 2.05) is 20.8 Å². The topological polar surface area (TPSA) is 26.3 Å². The van der Waals surface area contributed by atoms with Crippen molar-refractivity contribution in [3.8, 4) is 0 Å². The summed E-state index contributed by atoms with van der Waals surface area (Å²) in [5, 5.41) is 0. The third-order valence-corrected chi connectivity index (χ3v) is 2.64. The monoisotopic (exact) mass is 264 g/mol. The van der Waals surface area contributed by atoms with E-state index in [-0.39, 0.29) is 29.9 Å². The van der Waals surface area contributed by atoms with Crippen LogP contribution in [-0.2, 0) is 9.53 Å². The summed E-state index contributed by atoms with van der Waals surface area (Å²) in [6.07, 6.45) is 6.75. The summed E-state index contributed by atoms with van der Waals surface area (Å²) in [7, 11) is 0. The van der Waals surface area contributed by atoms with Gasteiger partial charge in [-0.1, -0.05) is 39.5 Å². The van der Waals surface area contributed by atoms with Gasteiger partial charge in [0, 0.05) is 0 Å². The maximum atomic E-state index is 11.8. The van der Waals surface area contributed by atoms with Crippen LogP contribution in [0.5, 0.6) is 0 Å². The van der Waals surface area contributed by atoms with Gasteiger partial charge in [-0.05, 0) is 33.6 Å². The predicted molar refractivity (Wildman–Crippen MR) is 75.6 cm³/mol. The summed E-state index contributed by atoms with van der Waals surface area (Å²) in [5.74, 6) is 0.0718. The molecule has 0 rings (SSSR count). The molecule has 3 heteroatoms. The molecule has 0 amide bonds. The van der Waals surface area contributed by atoms with Gasteiger partial charge in [0.2, 0.25) is 0 Å². The van der Waals surface area contributed by atoms with E-state index in [0.29, 0.717) is 0 Å². The molecule has 1 atom stereocenters. The van der Waals surface area contributed by atoms with Crippen LogP contribution < -0.4 is 0 Å². The fraction of sp³-hybridized carbons (Fsp3) is 0.929. The van der Waals surface area contributed by atoms with Crippen LogP contribution in [0.15, 0.2) is 0 Å². The van der Waals surface area contributed by atoms with Gasteiger partial charge in [0.25, 0.3) is 0 Å². The van der Waals surface area contributed by atoms with E-state index in [0.717, 1.165) is 19.3 Å². The minimum atomic E-state index is -0.353. The van der Waals surface area contributed by atoms with Crippen molar-refractivity contribution < 1.29 is 9.53 Å². The molecule has 0 N–H and O–H groups in total. The smallest absolute Gasteiger partial charge is 0.309 e. The molecule has 0 aromatic heterocycles. The number of rotatable bonds is 7. The fourth-order valence-electron chi connectivity index (χ4n) is 1.69. The zero-order chi connectivity index (χ0) is 12.6. The van der Waals surface area contributed by atoms with E-state index in [4.69, 9.17) is 4.74 Å². The Labute approximate surface area is 113 Å². The lowest BCUT2D eigenvalue weighted by Crippen LogP contribution is -2.28. The van der Waals surface area contributed by atoms with Crippen molar-refractivity contribution in [2.75, 3.05) is 0 Å². The third kappa shape index (κ3) is 10.6. The molecular formula is C14H29ClO2. The number of carbonyl (C=O) groups excluding carboxylic acids is 1. The highest BCUT2D eigenvalue weighted by atomic mass is 35.5.